The van der Waals surface area contributed by atoms with Crippen LogP contribution in [0.2, 0.25) is 0 Å². The first kappa shape index (κ1) is 16.1. The Bertz CT molecular complexity index is 605. The van der Waals surface area contributed by atoms with Crippen molar-refractivity contribution in [3.05, 3.63) is 29.8 Å². The Morgan fingerprint density at radius 2 is 2.15 bits per heavy atom. The third-order valence-corrected chi connectivity index (χ3v) is 4.13. The quantitative estimate of drug-likeness (QED) is 0.808. The van der Waals surface area contributed by atoms with Gasteiger partial charge in [-0.1, -0.05) is 6.07 Å². The number of carbonyl (C=O) groups excluding carboxylic acids is 1. The zero-order chi connectivity index (χ0) is 15.0. The summed E-state index contributed by atoms with van der Waals surface area (Å²) < 4.78 is 27.8. The maximum absolute atomic E-state index is 11.6. The number of sulfone groups is 1. The van der Waals surface area contributed by atoms with E-state index in [9.17, 15) is 13.2 Å². The van der Waals surface area contributed by atoms with E-state index in [1.807, 2.05) is 6.07 Å². The molecule has 20 heavy (non-hydrogen) atoms. The lowest BCUT2D eigenvalue weighted by atomic mass is 10.2. The standard InChI is InChI=1S/C13H16N2O4S/c1-19-6-8-20(17,18)7-5-13(16)15-12-4-2-3-11(9-12)10-14/h2-4,9H,5-8H2,1H3,(H,15,16). The van der Waals surface area contributed by atoms with Crippen LogP contribution >= 0.6 is 0 Å². The summed E-state index contributed by atoms with van der Waals surface area (Å²) in [7, 11) is -1.86. The number of ether oxygens (including phenoxy) is 1. The number of anilines is 1. The van der Waals surface area contributed by atoms with Crippen LogP contribution < -0.4 is 5.32 Å². The van der Waals surface area contributed by atoms with Gasteiger partial charge in [-0.05, 0) is 18.2 Å². The molecule has 0 saturated heterocycles. The van der Waals surface area contributed by atoms with E-state index < -0.39 is 15.7 Å². The number of benzene rings is 1. The molecular weight excluding hydrogens is 280 g/mol. The topological polar surface area (TPSA) is 96.3 Å². The third-order valence-electron chi connectivity index (χ3n) is 2.51. The van der Waals surface area contributed by atoms with E-state index in [1.165, 1.54) is 13.2 Å². The van der Waals surface area contributed by atoms with Crippen LogP contribution in [0.1, 0.15) is 12.0 Å². The van der Waals surface area contributed by atoms with Gasteiger partial charge in [0.2, 0.25) is 5.91 Å². The van der Waals surface area contributed by atoms with E-state index in [2.05, 4.69) is 5.32 Å². The van der Waals surface area contributed by atoms with Gasteiger partial charge in [-0.2, -0.15) is 5.26 Å². The highest BCUT2D eigenvalue weighted by molar-refractivity contribution is 7.91. The number of amides is 1. The maximum atomic E-state index is 11.6. The lowest BCUT2D eigenvalue weighted by Gasteiger charge is -2.06. The van der Waals surface area contributed by atoms with Gasteiger partial charge in [-0.15, -0.1) is 0 Å². The summed E-state index contributed by atoms with van der Waals surface area (Å²) in [4.78, 5) is 11.6. The highest BCUT2D eigenvalue weighted by Gasteiger charge is 2.13. The summed E-state index contributed by atoms with van der Waals surface area (Å²) in [6.45, 7) is 0.119. The summed E-state index contributed by atoms with van der Waals surface area (Å²) in [6, 6.07) is 8.38. The predicted octanol–water partition coefficient (Wildman–Crippen LogP) is 0.948. The van der Waals surface area contributed by atoms with E-state index >= 15 is 0 Å². The van der Waals surface area contributed by atoms with Gasteiger partial charge in [-0.25, -0.2) is 8.42 Å². The molecule has 7 heteroatoms. The van der Waals surface area contributed by atoms with Crippen molar-refractivity contribution in [3.8, 4) is 6.07 Å². The van der Waals surface area contributed by atoms with E-state index in [4.69, 9.17) is 10.00 Å². The Hall–Kier alpha value is -1.91. The third kappa shape index (κ3) is 5.82. The molecule has 0 aliphatic carbocycles. The molecule has 0 heterocycles. The van der Waals surface area contributed by atoms with Crippen LogP contribution in [0.5, 0.6) is 0 Å². The Morgan fingerprint density at radius 3 is 2.80 bits per heavy atom. The average Bonchev–Trinajstić information content (AvgIpc) is 2.43. The SMILES string of the molecule is COCCS(=O)(=O)CCC(=O)Nc1cccc(C#N)c1. The van der Waals surface area contributed by atoms with Crippen molar-refractivity contribution < 1.29 is 17.9 Å². The smallest absolute Gasteiger partial charge is 0.225 e. The van der Waals surface area contributed by atoms with Gasteiger partial charge < -0.3 is 10.1 Å². The van der Waals surface area contributed by atoms with Gasteiger partial charge in [0.25, 0.3) is 0 Å². The maximum Gasteiger partial charge on any atom is 0.225 e. The van der Waals surface area contributed by atoms with Crippen molar-refractivity contribution in [2.45, 2.75) is 6.42 Å². The molecule has 1 amide bonds. The normalized spacial score (nSPS) is 10.8. The van der Waals surface area contributed by atoms with Gasteiger partial charge in [0, 0.05) is 19.2 Å². The molecule has 0 fully saturated rings. The minimum absolute atomic E-state index is 0.0965. The number of hydrogen-bond acceptors (Lipinski definition) is 5. The molecule has 1 aromatic rings. The molecule has 0 saturated carbocycles. The second-order valence-corrected chi connectivity index (χ2v) is 6.44. The van der Waals surface area contributed by atoms with Crippen molar-refractivity contribution in [2.75, 3.05) is 30.5 Å². The molecule has 0 aliphatic rings. The van der Waals surface area contributed by atoms with E-state index in [-0.39, 0.29) is 24.5 Å². The van der Waals surface area contributed by atoms with Crippen LogP contribution in [0.25, 0.3) is 0 Å². The number of hydrogen-bond donors (Lipinski definition) is 1. The van der Waals surface area contributed by atoms with Crippen LogP contribution in [0.3, 0.4) is 0 Å². The number of nitrogens with zero attached hydrogens (tertiary/aromatic N) is 1. The van der Waals surface area contributed by atoms with Crippen molar-refractivity contribution in [1.82, 2.24) is 0 Å². The summed E-state index contributed by atoms with van der Waals surface area (Å²) in [6.07, 6.45) is -0.122. The summed E-state index contributed by atoms with van der Waals surface area (Å²) >= 11 is 0. The Kier molecular flexibility index (Phi) is 6.15. The molecule has 0 radical (unpaired) electrons. The molecule has 1 N–H and O–H groups in total. The molecule has 1 aromatic carbocycles. The Balaban J connectivity index is 2.50. The van der Waals surface area contributed by atoms with Gasteiger partial charge >= 0.3 is 0 Å². The number of carbonyl (C=O) groups is 1. The first-order valence-corrected chi connectivity index (χ1v) is 7.78. The molecule has 0 atom stereocenters. The number of nitrogens with one attached hydrogen (secondary N) is 1. The number of methoxy groups -OCH3 is 1. The fraction of sp³-hybridized carbons (Fsp3) is 0.385. The zero-order valence-corrected chi connectivity index (χ0v) is 11.9. The average molecular weight is 296 g/mol. The molecule has 1 rings (SSSR count). The van der Waals surface area contributed by atoms with Gasteiger partial charge in [0.15, 0.2) is 9.84 Å². The fourth-order valence-corrected chi connectivity index (χ4v) is 2.57. The van der Waals surface area contributed by atoms with E-state index in [1.54, 1.807) is 18.2 Å². The summed E-state index contributed by atoms with van der Waals surface area (Å²) in [5, 5.41) is 11.3. The van der Waals surface area contributed by atoms with E-state index in [0.717, 1.165) is 0 Å². The highest BCUT2D eigenvalue weighted by atomic mass is 32.2. The van der Waals surface area contributed by atoms with Crippen molar-refractivity contribution in [2.24, 2.45) is 0 Å². The first-order chi connectivity index (χ1) is 9.46. The number of rotatable bonds is 7. The second kappa shape index (κ2) is 7.62. The Labute approximate surface area is 118 Å². The number of nitriles is 1. The largest absolute Gasteiger partial charge is 0.384 e. The molecule has 0 aliphatic heterocycles. The molecular formula is C13H16N2O4S. The Morgan fingerprint density at radius 1 is 1.40 bits per heavy atom. The lowest BCUT2D eigenvalue weighted by molar-refractivity contribution is -0.115. The highest BCUT2D eigenvalue weighted by Crippen LogP contribution is 2.10. The molecule has 0 bridgehead atoms. The second-order valence-electron chi connectivity index (χ2n) is 4.14. The molecule has 0 spiro atoms. The molecule has 0 unspecified atom stereocenters. The monoisotopic (exact) mass is 296 g/mol. The molecule has 6 nitrogen and oxygen atoms in total. The molecule has 0 aromatic heterocycles. The van der Waals surface area contributed by atoms with Crippen LogP contribution in [0.4, 0.5) is 5.69 Å². The summed E-state index contributed by atoms with van der Waals surface area (Å²) in [5.74, 6) is -0.720. The van der Waals surface area contributed by atoms with Crippen LogP contribution in [0.15, 0.2) is 24.3 Å². The minimum Gasteiger partial charge on any atom is -0.384 e. The zero-order valence-electron chi connectivity index (χ0n) is 11.1. The van der Waals surface area contributed by atoms with Crippen molar-refractivity contribution in [3.63, 3.8) is 0 Å². The van der Waals surface area contributed by atoms with Crippen molar-refractivity contribution in [1.29, 1.82) is 5.26 Å². The predicted molar refractivity (Wildman–Crippen MR) is 74.9 cm³/mol. The molecule has 108 valence electrons. The van der Waals surface area contributed by atoms with Crippen LogP contribution in [-0.2, 0) is 19.4 Å². The van der Waals surface area contributed by atoms with Crippen LogP contribution in [0, 0.1) is 11.3 Å². The van der Waals surface area contributed by atoms with Crippen LogP contribution in [-0.4, -0.2) is 39.5 Å². The summed E-state index contributed by atoms with van der Waals surface area (Å²) in [5.41, 5.74) is 0.902. The fourth-order valence-electron chi connectivity index (χ4n) is 1.45. The van der Waals surface area contributed by atoms with Gasteiger partial charge in [0.1, 0.15) is 0 Å². The van der Waals surface area contributed by atoms with Crippen molar-refractivity contribution >= 4 is 21.4 Å². The van der Waals surface area contributed by atoms with E-state index in [0.29, 0.717) is 11.3 Å². The van der Waals surface area contributed by atoms with Gasteiger partial charge in [0.05, 0.1) is 29.7 Å². The lowest BCUT2D eigenvalue weighted by Crippen LogP contribution is -2.20. The first-order valence-electron chi connectivity index (χ1n) is 5.96. The van der Waals surface area contributed by atoms with Gasteiger partial charge in [-0.3, -0.25) is 4.79 Å². The minimum atomic E-state index is -3.28.